The van der Waals surface area contributed by atoms with Crippen molar-refractivity contribution in [3.63, 3.8) is 0 Å². The molecule has 0 aliphatic carbocycles. The highest BCUT2D eigenvalue weighted by Crippen LogP contribution is 2.38. The number of likely N-dealkylation sites (tertiary alicyclic amines) is 1. The van der Waals surface area contributed by atoms with Crippen molar-refractivity contribution in [3.05, 3.63) is 77.4 Å². The molecular weight excluding hydrogens is 571 g/mol. The summed E-state index contributed by atoms with van der Waals surface area (Å²) in [5.41, 5.74) is 5.72. The molecule has 0 atom stereocenters. The number of fused-ring (bicyclic) bond motifs is 1. The van der Waals surface area contributed by atoms with Crippen molar-refractivity contribution in [1.29, 1.82) is 0 Å². The van der Waals surface area contributed by atoms with Gasteiger partial charge in [-0.1, -0.05) is 0 Å². The zero-order valence-corrected chi connectivity index (χ0v) is 23.0. The molecule has 8 nitrogen and oxygen atoms in total. The van der Waals surface area contributed by atoms with E-state index in [0.29, 0.717) is 17.2 Å². The van der Waals surface area contributed by atoms with Crippen LogP contribution in [0.2, 0.25) is 0 Å². The van der Waals surface area contributed by atoms with Crippen LogP contribution in [0.3, 0.4) is 0 Å². The van der Waals surface area contributed by atoms with Gasteiger partial charge in [0.15, 0.2) is 5.78 Å². The van der Waals surface area contributed by atoms with Crippen LogP contribution in [-0.2, 0) is 24.4 Å². The topological polar surface area (TPSA) is 107 Å². The highest BCUT2D eigenvalue weighted by Gasteiger charge is 2.37. The van der Waals surface area contributed by atoms with E-state index in [1.165, 1.54) is 46.1 Å². The number of hydrogen-bond donors (Lipinski definition) is 1. The van der Waals surface area contributed by atoms with Crippen LogP contribution in [0.4, 0.5) is 27.8 Å². The summed E-state index contributed by atoms with van der Waals surface area (Å²) in [6.45, 7) is -0.187. The van der Waals surface area contributed by atoms with Crippen molar-refractivity contribution in [3.8, 4) is 11.3 Å². The number of piperidine rings is 1. The minimum atomic E-state index is -4.72. The number of aryl methyl sites for hydroxylation is 2. The van der Waals surface area contributed by atoms with Gasteiger partial charge in [-0.15, -0.1) is 0 Å². The monoisotopic (exact) mass is 598 g/mol. The third-order valence-electron chi connectivity index (χ3n) is 7.34. The number of ketones is 1. The van der Waals surface area contributed by atoms with Gasteiger partial charge in [-0.3, -0.25) is 14.6 Å². The van der Waals surface area contributed by atoms with Gasteiger partial charge < -0.3 is 15.2 Å². The van der Waals surface area contributed by atoms with Crippen LogP contribution in [-0.4, -0.2) is 55.1 Å². The van der Waals surface area contributed by atoms with E-state index in [2.05, 4.69) is 15.0 Å². The van der Waals surface area contributed by atoms with Gasteiger partial charge in [0, 0.05) is 63.8 Å². The van der Waals surface area contributed by atoms with E-state index in [1.807, 2.05) is 0 Å². The van der Waals surface area contributed by atoms with Crippen molar-refractivity contribution in [2.75, 3.05) is 18.8 Å². The Balaban J connectivity index is 1.37. The molecule has 1 saturated heterocycles. The van der Waals surface area contributed by atoms with Crippen molar-refractivity contribution < 1.29 is 31.5 Å². The molecule has 1 amide bonds. The molecule has 0 bridgehead atoms. The lowest BCUT2D eigenvalue weighted by atomic mass is 10.0. The zero-order valence-electron chi connectivity index (χ0n) is 23.0. The maximum Gasteiger partial charge on any atom is 0.418 e. The normalized spacial score (nSPS) is 15.3. The van der Waals surface area contributed by atoms with Crippen LogP contribution in [0.1, 0.15) is 46.6 Å². The summed E-state index contributed by atoms with van der Waals surface area (Å²) in [4.78, 5) is 38.9. The van der Waals surface area contributed by atoms with Gasteiger partial charge in [-0.2, -0.15) is 13.2 Å². The molecular formula is C30H27F5N6O2. The fourth-order valence-electron chi connectivity index (χ4n) is 4.86. The molecule has 1 fully saturated rings. The predicted octanol–water partition coefficient (Wildman–Crippen LogP) is 5.72. The van der Waals surface area contributed by atoms with Gasteiger partial charge in [-0.25, -0.2) is 18.7 Å². The molecule has 4 aromatic rings. The number of carbonyl (C=O) groups excluding carboxylic acids is 2. The largest absolute Gasteiger partial charge is 0.418 e. The van der Waals surface area contributed by atoms with Crippen LogP contribution in [0.25, 0.3) is 28.4 Å². The Morgan fingerprint density at radius 3 is 2.42 bits per heavy atom. The van der Waals surface area contributed by atoms with Crippen LogP contribution in [0.15, 0.2) is 54.9 Å². The first-order valence-electron chi connectivity index (χ1n) is 13.4. The van der Waals surface area contributed by atoms with E-state index in [4.69, 9.17) is 5.73 Å². The number of rotatable bonds is 7. The van der Waals surface area contributed by atoms with Crippen molar-refractivity contribution in [2.45, 2.75) is 37.8 Å². The second-order valence-electron chi connectivity index (χ2n) is 10.4. The van der Waals surface area contributed by atoms with Gasteiger partial charge in [0.25, 0.3) is 11.8 Å². The first kappa shape index (κ1) is 29.8. The number of amides is 1. The lowest BCUT2D eigenvalue weighted by Crippen LogP contribution is -2.42. The minimum Gasteiger partial charge on any atom is -0.384 e. The maximum absolute atomic E-state index is 14.1. The first-order valence-corrected chi connectivity index (χ1v) is 13.4. The van der Waals surface area contributed by atoms with Gasteiger partial charge in [0.1, 0.15) is 17.2 Å². The fourth-order valence-corrected chi connectivity index (χ4v) is 4.86. The van der Waals surface area contributed by atoms with Gasteiger partial charge in [-0.05, 0) is 54.1 Å². The molecule has 1 aliphatic rings. The number of halogens is 5. The lowest BCUT2D eigenvalue weighted by molar-refractivity contribution is -0.136. The number of carbonyl (C=O) groups is 2. The Kier molecular flexibility index (Phi) is 8.00. The number of aromatic nitrogens is 4. The molecule has 43 heavy (non-hydrogen) atoms. The van der Waals surface area contributed by atoms with Crippen LogP contribution < -0.4 is 5.73 Å². The number of anilines is 1. The molecule has 13 heteroatoms. The molecule has 0 unspecified atom stereocenters. The number of benzene rings is 1. The Morgan fingerprint density at radius 2 is 1.79 bits per heavy atom. The predicted molar refractivity (Wildman–Crippen MR) is 150 cm³/mol. The highest BCUT2D eigenvalue weighted by molar-refractivity contribution is 5.95. The molecule has 5 rings (SSSR count). The molecule has 0 radical (unpaired) electrons. The van der Waals surface area contributed by atoms with Crippen LogP contribution in [0.5, 0.6) is 0 Å². The summed E-state index contributed by atoms with van der Waals surface area (Å²) in [6.07, 6.45) is 0.249. The van der Waals surface area contributed by atoms with Crippen LogP contribution in [0, 0.1) is 0 Å². The quantitative estimate of drug-likeness (QED) is 0.216. The molecule has 4 heterocycles. The summed E-state index contributed by atoms with van der Waals surface area (Å²) < 4.78 is 70.8. The minimum absolute atomic E-state index is 0.0238. The summed E-state index contributed by atoms with van der Waals surface area (Å²) in [5.74, 6) is -2.86. The fraction of sp³-hybridized carbons (Fsp3) is 0.300. The number of hydrogen-bond acceptors (Lipinski definition) is 6. The second-order valence-corrected chi connectivity index (χ2v) is 10.4. The Hall–Kier alpha value is -4.68. The summed E-state index contributed by atoms with van der Waals surface area (Å²) in [6, 6.07) is 8.61. The van der Waals surface area contributed by atoms with Crippen molar-refractivity contribution in [2.24, 2.45) is 7.05 Å². The molecule has 1 aromatic carbocycles. The zero-order chi connectivity index (χ0) is 30.9. The smallest absolute Gasteiger partial charge is 0.384 e. The number of nitrogens with two attached hydrogens (primary N) is 1. The number of imidazole rings is 1. The van der Waals surface area contributed by atoms with Gasteiger partial charge >= 0.3 is 6.18 Å². The van der Waals surface area contributed by atoms with Crippen molar-refractivity contribution >= 4 is 34.6 Å². The summed E-state index contributed by atoms with van der Waals surface area (Å²) in [7, 11) is 1.58. The Morgan fingerprint density at radius 1 is 1.05 bits per heavy atom. The standard InChI is InChI=1S/C30H27F5N6O2/c1-40-24-15-20(23-7-4-19(17-37-23)28(43)41-12-10-29(31,32)11-13-41)14-22(30(33,34)35)27(24)39-26(40)9-6-21(42)5-2-18-3-8-25(36)38-16-18/h2-5,7-8,14-17H,6,9-13H2,1H3,(H2,36,38)/b5-2+. The third-order valence-corrected chi connectivity index (χ3v) is 7.34. The molecule has 0 saturated carbocycles. The summed E-state index contributed by atoms with van der Waals surface area (Å²) in [5, 5.41) is 0. The molecule has 0 spiro atoms. The number of alkyl halides is 5. The Labute approximate surface area is 243 Å². The van der Waals surface area contributed by atoms with Gasteiger partial charge in [0.2, 0.25) is 0 Å². The lowest BCUT2D eigenvalue weighted by Gasteiger charge is -2.31. The molecule has 2 N–H and O–H groups in total. The number of pyridine rings is 2. The average molecular weight is 599 g/mol. The number of nitrogen functional groups attached to an aromatic ring is 1. The van der Waals surface area contributed by atoms with E-state index in [0.717, 1.165) is 6.07 Å². The molecule has 3 aromatic heterocycles. The third kappa shape index (κ3) is 6.71. The number of allylic oxidation sites excluding steroid dienone is 1. The number of nitrogens with zero attached hydrogens (tertiary/aromatic N) is 5. The van der Waals surface area contributed by atoms with Crippen LogP contribution >= 0.6 is 0 Å². The van der Waals surface area contributed by atoms with Gasteiger partial charge in [0.05, 0.1) is 22.3 Å². The Bertz CT molecular complexity index is 1690. The van der Waals surface area contributed by atoms with E-state index < -0.39 is 36.4 Å². The second kappa shape index (κ2) is 11.5. The van der Waals surface area contributed by atoms with E-state index in [9.17, 15) is 31.5 Å². The maximum atomic E-state index is 14.1. The average Bonchev–Trinajstić information content (AvgIpc) is 3.29. The van der Waals surface area contributed by atoms with E-state index in [-0.39, 0.29) is 59.6 Å². The highest BCUT2D eigenvalue weighted by atomic mass is 19.4. The SMILES string of the molecule is Cn1c(CCC(=O)/C=C/c2ccc(N)nc2)nc2c(C(F)(F)F)cc(-c3ccc(C(=O)N4CCC(F)(F)CC4)cn3)cc21. The summed E-state index contributed by atoms with van der Waals surface area (Å²) >= 11 is 0. The van der Waals surface area contributed by atoms with E-state index in [1.54, 1.807) is 25.3 Å². The van der Waals surface area contributed by atoms with Crippen molar-refractivity contribution in [1.82, 2.24) is 24.4 Å². The van der Waals surface area contributed by atoms with E-state index >= 15 is 0 Å². The molecule has 224 valence electrons. The first-order chi connectivity index (χ1) is 20.3. The molecule has 1 aliphatic heterocycles.